The fourth-order valence-corrected chi connectivity index (χ4v) is 22.2. The molecule has 13 heterocycles. The second-order valence-electron chi connectivity index (χ2n) is 40.5. The van der Waals surface area contributed by atoms with Crippen molar-refractivity contribution in [3.05, 3.63) is 320 Å². The Kier molecular flexibility index (Phi) is 29.6. The van der Waals surface area contributed by atoms with E-state index in [9.17, 15) is 23.6 Å². The van der Waals surface area contributed by atoms with Crippen molar-refractivity contribution in [2.24, 2.45) is 0 Å². The SMILES string of the molecule is CCn1c(=O)c(-c2ccc(C3CC3)cc2Cl)cc2cnc(Nc3ccc(C4CCCN(C)C4)cc3)nc21.CCn1c(=O)c(-c2ccc(C3CC3)cc2Cl)cc2cnc(Nc3ccc(C4CCN(C)CC4)cc3)nc21.CCn1c(=O)c(-c2ccc(C3CC3)cc2Cl)cc2cnc(Nc3ccc(C4CCNCC4)cc3)nc21.CCn1c(=O)c(-c2ncc(C3CC3)cc2F)cc2cnc(Nc3ccc(C4CCCNC4)cc3)nc21. The van der Waals surface area contributed by atoms with Gasteiger partial charge in [-0.2, -0.15) is 19.9 Å². The number of hydrogen-bond donors (Lipinski definition) is 6. The molecule has 6 N–H and O–H groups in total. The number of pyridine rings is 5. The lowest BCUT2D eigenvalue weighted by Gasteiger charge is -2.30. The average Bonchev–Trinajstić information content (AvgIpc) is 1.41. The van der Waals surface area contributed by atoms with E-state index in [0.717, 1.165) is 120 Å². The first-order valence-electron chi connectivity index (χ1n) is 52.1. The Morgan fingerprint density at radius 2 is 0.630 bits per heavy atom. The molecule has 0 spiro atoms. The quantitative estimate of drug-likeness (QED) is 0.0328. The molecule has 4 aliphatic heterocycles. The molecule has 0 amide bonds. The van der Waals surface area contributed by atoms with Crippen LogP contribution in [0, 0.1) is 5.82 Å². The Labute approximate surface area is 863 Å². The highest BCUT2D eigenvalue weighted by Gasteiger charge is 2.32. The number of aromatic nitrogens is 13. The van der Waals surface area contributed by atoms with E-state index in [1.165, 1.54) is 141 Å². The number of likely N-dealkylation sites (tertiary alicyclic amines) is 2. The maximum Gasteiger partial charge on any atom is 0.261 e. The van der Waals surface area contributed by atoms with Crippen LogP contribution in [-0.2, 0) is 26.2 Å². The van der Waals surface area contributed by atoms with Crippen molar-refractivity contribution >= 4 is 125 Å². The molecule has 8 aliphatic rings. The highest BCUT2D eigenvalue weighted by molar-refractivity contribution is 6.34. The van der Waals surface area contributed by atoms with Crippen molar-refractivity contribution in [1.29, 1.82) is 0 Å². The Balaban J connectivity index is 0.000000114. The Bertz CT molecular complexity index is 7560. The van der Waals surface area contributed by atoms with Gasteiger partial charge in [0.05, 0.1) is 5.56 Å². The molecule has 0 radical (unpaired) electrons. The summed E-state index contributed by atoms with van der Waals surface area (Å²) in [6, 6.07) is 61.0. The molecule has 2 unspecified atom stereocenters. The average molecular weight is 2010 g/mol. The minimum atomic E-state index is -0.467. The van der Waals surface area contributed by atoms with Crippen LogP contribution in [0.4, 0.5) is 50.9 Å². The van der Waals surface area contributed by atoms with Gasteiger partial charge in [-0.1, -0.05) is 120 Å². The Hall–Kier alpha value is -13.3. The lowest BCUT2D eigenvalue weighted by atomic mass is 9.89. The van der Waals surface area contributed by atoms with Gasteiger partial charge < -0.3 is 41.7 Å². The predicted octanol–water partition coefficient (Wildman–Crippen LogP) is 24.4. The molecular weight excluding hydrogens is 1890 g/mol. The van der Waals surface area contributed by atoms with Gasteiger partial charge in [0.15, 0.2) is 0 Å². The number of likely N-dealkylation sites (N-methyl/N-ethyl adjacent to an activating group) is 1. The zero-order valence-corrected chi connectivity index (χ0v) is 85.7. The van der Waals surface area contributed by atoms with E-state index in [-0.39, 0.29) is 33.5 Å². The molecule has 4 saturated carbocycles. The highest BCUT2D eigenvalue weighted by atomic mass is 35.5. The Morgan fingerprint density at radius 3 is 0.966 bits per heavy atom. The summed E-state index contributed by atoms with van der Waals surface area (Å²) in [5.74, 6) is 5.94. The van der Waals surface area contributed by atoms with Gasteiger partial charge in [-0.3, -0.25) is 42.4 Å². The zero-order valence-electron chi connectivity index (χ0n) is 83.5. The predicted molar refractivity (Wildman–Crippen MR) is 588 cm³/mol. The van der Waals surface area contributed by atoms with E-state index in [1.54, 1.807) is 55.3 Å². The molecule has 29 heteroatoms. The molecule has 8 fully saturated rings. The summed E-state index contributed by atoms with van der Waals surface area (Å²) in [4.78, 5) is 99.8. The number of hydrogen-bond acceptors (Lipinski definition) is 21. The highest BCUT2D eigenvalue weighted by Crippen LogP contribution is 2.47. The number of nitrogens with zero attached hydrogens (tertiary/aromatic N) is 15. The number of fused-ring (bicyclic) bond motifs is 4. The molecule has 25 nitrogen and oxygen atoms in total. The summed E-state index contributed by atoms with van der Waals surface area (Å²) in [6.07, 6.45) is 27.7. The second-order valence-corrected chi connectivity index (χ2v) is 41.7. The third-order valence-electron chi connectivity index (χ3n) is 30.3. The summed E-state index contributed by atoms with van der Waals surface area (Å²) in [7, 11) is 4.38. The minimum Gasteiger partial charge on any atom is -0.324 e. The second kappa shape index (κ2) is 43.8. The van der Waals surface area contributed by atoms with E-state index in [2.05, 4.69) is 189 Å². The molecule has 748 valence electrons. The van der Waals surface area contributed by atoms with Crippen molar-refractivity contribution in [3.8, 4) is 44.6 Å². The number of piperidine rings is 4. The summed E-state index contributed by atoms with van der Waals surface area (Å²) in [6.45, 7) is 18.5. The van der Waals surface area contributed by atoms with E-state index in [4.69, 9.17) is 49.8 Å². The van der Waals surface area contributed by atoms with Crippen molar-refractivity contribution in [3.63, 3.8) is 0 Å². The molecule has 4 aliphatic carbocycles. The fourth-order valence-electron chi connectivity index (χ4n) is 21.3. The van der Waals surface area contributed by atoms with Gasteiger partial charge in [0.2, 0.25) is 23.8 Å². The van der Waals surface area contributed by atoms with Crippen LogP contribution in [0.25, 0.3) is 88.8 Å². The van der Waals surface area contributed by atoms with Crippen molar-refractivity contribution in [2.75, 3.05) is 87.7 Å². The van der Waals surface area contributed by atoms with Crippen molar-refractivity contribution in [2.45, 2.75) is 204 Å². The number of nitrogens with one attached hydrogen (secondary N) is 6. The van der Waals surface area contributed by atoms with E-state index >= 15 is 0 Å². The van der Waals surface area contributed by atoms with E-state index < -0.39 is 5.82 Å². The molecular formula is C117H123Cl3FN21O4. The van der Waals surface area contributed by atoms with Crippen molar-refractivity contribution in [1.82, 2.24) is 83.6 Å². The van der Waals surface area contributed by atoms with Crippen LogP contribution in [0.3, 0.4) is 0 Å². The molecule has 16 aromatic rings. The molecule has 9 aromatic heterocycles. The number of halogens is 4. The van der Waals surface area contributed by atoms with Gasteiger partial charge in [-0.15, -0.1) is 0 Å². The number of aryl methyl sites for hydroxylation is 4. The summed E-state index contributed by atoms with van der Waals surface area (Å²) in [5.41, 5.74) is 19.8. The molecule has 24 rings (SSSR count). The van der Waals surface area contributed by atoms with Gasteiger partial charge in [-0.05, 0) is 373 Å². The van der Waals surface area contributed by atoms with E-state index in [1.807, 2.05) is 94.4 Å². The van der Waals surface area contributed by atoms with Crippen LogP contribution in [-0.4, -0.2) is 139 Å². The number of benzene rings is 7. The molecule has 7 aromatic carbocycles. The lowest BCUT2D eigenvalue weighted by molar-refractivity contribution is 0.251. The fraction of sp³-hybridized carbons (Fsp3) is 0.359. The number of anilines is 8. The molecule has 2 atom stereocenters. The first kappa shape index (κ1) is 98.7. The smallest absolute Gasteiger partial charge is 0.261 e. The van der Waals surface area contributed by atoms with Gasteiger partial charge in [-0.25, -0.2) is 24.3 Å². The van der Waals surface area contributed by atoms with Gasteiger partial charge in [0.1, 0.15) is 34.1 Å². The largest absolute Gasteiger partial charge is 0.324 e. The number of rotatable bonds is 24. The summed E-state index contributed by atoms with van der Waals surface area (Å²) in [5, 5.41) is 25.0. The van der Waals surface area contributed by atoms with Crippen LogP contribution < -0.4 is 54.1 Å². The molecule has 0 bridgehead atoms. The third-order valence-corrected chi connectivity index (χ3v) is 31.2. The molecule has 4 saturated heterocycles. The lowest BCUT2D eigenvalue weighted by Crippen LogP contribution is -2.30. The normalized spacial score (nSPS) is 17.4. The maximum absolute atomic E-state index is 14.9. The van der Waals surface area contributed by atoms with Crippen LogP contribution in [0.15, 0.2) is 232 Å². The monoisotopic (exact) mass is 2010 g/mol. The topological polar surface area (TPSA) is 283 Å². The van der Waals surface area contributed by atoms with Gasteiger partial charge in [0, 0.05) is 163 Å². The van der Waals surface area contributed by atoms with Crippen LogP contribution in [0.5, 0.6) is 0 Å². The standard InChI is InChI=1S/2C30H32ClN5O.C29H30ClN5O.C28H29FN6O/c1-3-36-28-23(16-26(29(36)37)25-11-8-22(17-27(25)31)20-4-5-20)18-32-30(34-28)33-24-9-6-19(7-10-24)21-12-14-35(2)15-13-21;1-3-36-28-23(15-26(29(36)37)25-13-10-21(16-27(25)31)19-6-7-19)17-32-30(34-28)33-24-11-8-20(9-12-24)22-5-4-14-35(2)18-22;1-2-35-27-22(15-25(28(35)36)24-10-7-21(16-26(24)30)19-3-4-19)17-32-29(34-27)33-23-8-5-18(6-9-23)20-11-13-31-14-12-20;1-2-35-26-21(12-23(27(35)36)25-24(29)13-20(15-31-25)18-5-6-18)16-32-28(34-26)33-22-9-7-17(8-10-22)19-4-3-11-30-14-19/h6-11,16-18,20-21H,3-5,12-15H2,1-2H3,(H,32,33,34);8-13,15-17,19,22H,3-7,14,18H2,1-2H3,(H,32,33,34);5-10,15-17,19-20,31H,2-4,11-14H2,1H3,(H,32,33,34);7-10,12-13,15-16,18-19,30H,2-6,11,14H2,1H3,(H,32,33,34). The minimum absolute atomic E-state index is 0.0731. The van der Waals surface area contributed by atoms with Crippen LogP contribution in [0.1, 0.15) is 222 Å². The first-order valence-corrected chi connectivity index (χ1v) is 53.3. The van der Waals surface area contributed by atoms with E-state index in [0.29, 0.717) is 157 Å². The zero-order chi connectivity index (χ0) is 100. The Morgan fingerprint density at radius 1 is 0.308 bits per heavy atom. The van der Waals surface area contributed by atoms with Gasteiger partial charge >= 0.3 is 0 Å². The summed E-state index contributed by atoms with van der Waals surface area (Å²) >= 11 is 19.9. The maximum atomic E-state index is 14.9. The first-order chi connectivity index (χ1) is 71.2. The van der Waals surface area contributed by atoms with Gasteiger partial charge in [0.25, 0.3) is 22.2 Å². The van der Waals surface area contributed by atoms with Crippen molar-refractivity contribution < 1.29 is 4.39 Å². The van der Waals surface area contributed by atoms with Crippen LogP contribution in [0.2, 0.25) is 15.1 Å². The van der Waals surface area contributed by atoms with Crippen LogP contribution >= 0.6 is 34.8 Å². The molecule has 146 heavy (non-hydrogen) atoms. The summed E-state index contributed by atoms with van der Waals surface area (Å²) < 4.78 is 21.6. The third kappa shape index (κ3) is 22.2.